The van der Waals surface area contributed by atoms with Crippen LogP contribution in [0.4, 0.5) is 13.2 Å². The number of rotatable bonds is 3. The maximum atomic E-state index is 13.1. The van der Waals surface area contributed by atoms with Crippen molar-refractivity contribution in [2.75, 3.05) is 7.05 Å². The van der Waals surface area contributed by atoms with Crippen LogP contribution in [0.25, 0.3) is 0 Å². The Morgan fingerprint density at radius 2 is 2.00 bits per heavy atom. The van der Waals surface area contributed by atoms with Gasteiger partial charge in [0.05, 0.1) is 0 Å². The fourth-order valence-corrected chi connectivity index (χ4v) is 1.13. The SMILES string of the molecule is CN(Cc1ccccc1F)C(=O)C(F)F. The van der Waals surface area contributed by atoms with E-state index in [4.69, 9.17) is 0 Å². The Morgan fingerprint density at radius 1 is 1.40 bits per heavy atom. The van der Waals surface area contributed by atoms with Crippen LogP contribution in [0, 0.1) is 5.82 Å². The van der Waals surface area contributed by atoms with E-state index in [0.717, 1.165) is 4.90 Å². The van der Waals surface area contributed by atoms with Crippen LogP contribution in [0.1, 0.15) is 5.56 Å². The van der Waals surface area contributed by atoms with Crippen molar-refractivity contribution in [2.24, 2.45) is 0 Å². The number of carbonyl (C=O) groups is 1. The largest absolute Gasteiger partial charge is 0.336 e. The summed E-state index contributed by atoms with van der Waals surface area (Å²) >= 11 is 0. The van der Waals surface area contributed by atoms with E-state index in [-0.39, 0.29) is 12.1 Å². The molecular formula is C10H10F3NO. The van der Waals surface area contributed by atoms with Crippen LogP contribution in [-0.4, -0.2) is 24.3 Å². The number of hydrogen-bond acceptors (Lipinski definition) is 1. The highest BCUT2D eigenvalue weighted by Crippen LogP contribution is 2.10. The fourth-order valence-electron chi connectivity index (χ4n) is 1.13. The molecule has 0 radical (unpaired) electrons. The van der Waals surface area contributed by atoms with Gasteiger partial charge in [-0.1, -0.05) is 18.2 Å². The Labute approximate surface area is 85.3 Å². The molecule has 2 nitrogen and oxygen atoms in total. The molecule has 1 aromatic carbocycles. The van der Waals surface area contributed by atoms with E-state index >= 15 is 0 Å². The molecule has 1 aromatic rings. The monoisotopic (exact) mass is 217 g/mol. The summed E-state index contributed by atoms with van der Waals surface area (Å²) in [5, 5.41) is 0. The van der Waals surface area contributed by atoms with Crippen LogP contribution in [0.15, 0.2) is 24.3 Å². The fraction of sp³-hybridized carbons (Fsp3) is 0.300. The molecule has 5 heteroatoms. The van der Waals surface area contributed by atoms with Crippen LogP contribution >= 0.6 is 0 Å². The van der Waals surface area contributed by atoms with Gasteiger partial charge >= 0.3 is 6.43 Å². The number of benzene rings is 1. The van der Waals surface area contributed by atoms with E-state index in [2.05, 4.69) is 0 Å². The molecule has 0 aromatic heterocycles. The maximum absolute atomic E-state index is 13.1. The molecule has 0 saturated heterocycles. The Morgan fingerprint density at radius 3 is 2.53 bits per heavy atom. The zero-order valence-corrected chi connectivity index (χ0v) is 8.08. The van der Waals surface area contributed by atoms with Gasteiger partial charge in [0.15, 0.2) is 0 Å². The molecule has 0 heterocycles. The van der Waals surface area contributed by atoms with Crippen molar-refractivity contribution >= 4 is 5.91 Å². The number of nitrogens with zero attached hydrogens (tertiary/aromatic N) is 1. The van der Waals surface area contributed by atoms with Gasteiger partial charge in [-0.15, -0.1) is 0 Å². The topological polar surface area (TPSA) is 20.3 Å². The van der Waals surface area contributed by atoms with Crippen molar-refractivity contribution < 1.29 is 18.0 Å². The molecular weight excluding hydrogens is 207 g/mol. The van der Waals surface area contributed by atoms with Crippen LogP contribution in [0.3, 0.4) is 0 Å². The number of halogens is 3. The minimum Gasteiger partial charge on any atom is -0.336 e. The van der Waals surface area contributed by atoms with E-state index in [1.165, 1.54) is 25.2 Å². The molecule has 0 aliphatic rings. The van der Waals surface area contributed by atoms with E-state index in [9.17, 15) is 18.0 Å². The molecule has 0 N–H and O–H groups in total. The van der Waals surface area contributed by atoms with Crippen molar-refractivity contribution in [3.05, 3.63) is 35.6 Å². The van der Waals surface area contributed by atoms with E-state index in [1.807, 2.05) is 0 Å². The number of alkyl halides is 2. The lowest BCUT2D eigenvalue weighted by Gasteiger charge is -2.16. The van der Waals surface area contributed by atoms with Gasteiger partial charge in [0.1, 0.15) is 5.82 Å². The summed E-state index contributed by atoms with van der Waals surface area (Å²) in [7, 11) is 1.21. The zero-order valence-electron chi connectivity index (χ0n) is 8.08. The molecule has 0 saturated carbocycles. The lowest BCUT2D eigenvalue weighted by molar-refractivity contribution is -0.142. The van der Waals surface area contributed by atoms with Gasteiger partial charge in [-0.3, -0.25) is 4.79 Å². The lowest BCUT2D eigenvalue weighted by Crippen LogP contribution is -2.31. The van der Waals surface area contributed by atoms with Crippen LogP contribution in [-0.2, 0) is 11.3 Å². The highest BCUT2D eigenvalue weighted by Gasteiger charge is 2.20. The third kappa shape index (κ3) is 2.97. The maximum Gasteiger partial charge on any atom is 0.315 e. The number of carbonyl (C=O) groups excluding carboxylic acids is 1. The summed E-state index contributed by atoms with van der Waals surface area (Å²) in [4.78, 5) is 11.6. The van der Waals surface area contributed by atoms with Gasteiger partial charge in [0.2, 0.25) is 0 Å². The van der Waals surface area contributed by atoms with Crippen molar-refractivity contribution in [3.63, 3.8) is 0 Å². The molecule has 82 valence electrons. The first-order valence-electron chi connectivity index (χ1n) is 4.29. The molecule has 0 spiro atoms. The molecule has 0 atom stereocenters. The second-order valence-electron chi connectivity index (χ2n) is 3.09. The molecule has 1 rings (SSSR count). The summed E-state index contributed by atoms with van der Waals surface area (Å²) < 4.78 is 37.1. The Bertz CT molecular complexity index is 354. The van der Waals surface area contributed by atoms with Crippen molar-refractivity contribution in [3.8, 4) is 0 Å². The summed E-state index contributed by atoms with van der Waals surface area (Å²) in [6.45, 7) is -0.157. The highest BCUT2D eigenvalue weighted by atomic mass is 19.3. The number of amides is 1. The molecule has 0 unspecified atom stereocenters. The Kier molecular flexibility index (Phi) is 3.71. The second-order valence-corrected chi connectivity index (χ2v) is 3.09. The van der Waals surface area contributed by atoms with Gasteiger partial charge < -0.3 is 4.90 Å². The zero-order chi connectivity index (χ0) is 11.4. The minimum absolute atomic E-state index is 0.157. The first-order chi connectivity index (χ1) is 7.02. The van der Waals surface area contributed by atoms with E-state index in [1.54, 1.807) is 6.07 Å². The van der Waals surface area contributed by atoms with Gasteiger partial charge in [0, 0.05) is 19.2 Å². The molecule has 15 heavy (non-hydrogen) atoms. The average Bonchev–Trinajstić information content (AvgIpc) is 2.20. The third-order valence-corrected chi connectivity index (χ3v) is 1.93. The summed E-state index contributed by atoms with van der Waals surface area (Å²) in [5.74, 6) is -1.82. The van der Waals surface area contributed by atoms with Gasteiger partial charge in [0.25, 0.3) is 5.91 Å². The first kappa shape index (κ1) is 11.6. The van der Waals surface area contributed by atoms with Gasteiger partial charge in [-0.25, -0.2) is 4.39 Å². The van der Waals surface area contributed by atoms with Crippen molar-refractivity contribution in [2.45, 2.75) is 13.0 Å². The summed E-state index contributed by atoms with van der Waals surface area (Å²) in [6, 6.07) is 5.74. The highest BCUT2D eigenvalue weighted by molar-refractivity contribution is 5.78. The van der Waals surface area contributed by atoms with Crippen molar-refractivity contribution in [1.82, 2.24) is 4.90 Å². The summed E-state index contributed by atoms with van der Waals surface area (Å²) in [5.41, 5.74) is 0.217. The first-order valence-corrected chi connectivity index (χ1v) is 4.29. The Hall–Kier alpha value is -1.52. The molecule has 0 aliphatic heterocycles. The van der Waals surface area contributed by atoms with Crippen molar-refractivity contribution in [1.29, 1.82) is 0 Å². The van der Waals surface area contributed by atoms with Crippen LogP contribution in [0.2, 0.25) is 0 Å². The second kappa shape index (κ2) is 4.82. The lowest BCUT2D eigenvalue weighted by atomic mass is 10.2. The Balaban J connectivity index is 2.71. The van der Waals surface area contributed by atoms with E-state index in [0.29, 0.717) is 0 Å². The molecule has 0 fully saturated rings. The smallest absolute Gasteiger partial charge is 0.315 e. The minimum atomic E-state index is -3.05. The van der Waals surface area contributed by atoms with Gasteiger partial charge in [-0.2, -0.15) is 8.78 Å². The predicted octanol–water partition coefficient (Wildman–Crippen LogP) is 2.05. The number of hydrogen-bond donors (Lipinski definition) is 0. The van der Waals surface area contributed by atoms with Crippen LogP contribution in [0.5, 0.6) is 0 Å². The molecule has 0 bridgehead atoms. The normalized spacial score (nSPS) is 10.5. The standard InChI is InChI=1S/C10H10F3NO/c1-14(10(15)9(12)13)6-7-4-2-3-5-8(7)11/h2-5,9H,6H2,1H3. The summed E-state index contributed by atoms with van der Waals surface area (Å²) in [6.07, 6.45) is -3.05. The van der Waals surface area contributed by atoms with Crippen LogP contribution < -0.4 is 0 Å². The predicted molar refractivity (Wildman–Crippen MR) is 48.9 cm³/mol. The third-order valence-electron chi connectivity index (χ3n) is 1.93. The quantitative estimate of drug-likeness (QED) is 0.758. The average molecular weight is 217 g/mol. The molecule has 0 aliphatic carbocycles. The van der Waals surface area contributed by atoms with Gasteiger partial charge in [-0.05, 0) is 6.07 Å². The van der Waals surface area contributed by atoms with E-state index < -0.39 is 18.1 Å². The molecule has 1 amide bonds.